The van der Waals surface area contributed by atoms with Crippen LogP contribution in [0.1, 0.15) is 59.3 Å². The Bertz CT molecular complexity index is 1190. The van der Waals surface area contributed by atoms with Crippen molar-refractivity contribution < 1.29 is 0 Å². The van der Waals surface area contributed by atoms with Gasteiger partial charge in [0.05, 0.1) is 0 Å². The van der Waals surface area contributed by atoms with Gasteiger partial charge >= 0.3 is 224 Å². The van der Waals surface area contributed by atoms with Crippen molar-refractivity contribution in [1.82, 2.24) is 9.78 Å². The molecule has 188 valence electrons. The summed E-state index contributed by atoms with van der Waals surface area (Å²) in [5, 5.41) is 4.72. The molecule has 0 fully saturated rings. The van der Waals surface area contributed by atoms with Gasteiger partial charge in [0.2, 0.25) is 0 Å². The van der Waals surface area contributed by atoms with Gasteiger partial charge in [0.15, 0.2) is 0 Å². The zero-order valence-electron chi connectivity index (χ0n) is 22.4. The predicted octanol–water partition coefficient (Wildman–Crippen LogP) is 9.26. The van der Waals surface area contributed by atoms with E-state index in [1.807, 2.05) is 6.20 Å². The summed E-state index contributed by atoms with van der Waals surface area (Å²) < 4.78 is 8.27. The van der Waals surface area contributed by atoms with Gasteiger partial charge in [0.25, 0.3) is 0 Å². The van der Waals surface area contributed by atoms with E-state index < -0.39 is 18.4 Å². The molecule has 0 N–H and O–H groups in total. The Morgan fingerprint density at radius 3 is 1.72 bits per heavy atom. The standard InChI is InChI=1S/C21H15N2.3C4H9.Sn/c1-3-9-17(10-4-1)19-13-7-8-14-20(19)21-15-16-22-23(21)18-11-5-2-6-12-18;3*1-3-4-2;/h1-9,11-16H;3*1,3-4H2,2H3;. The van der Waals surface area contributed by atoms with E-state index >= 15 is 0 Å². The van der Waals surface area contributed by atoms with Crippen LogP contribution in [0.2, 0.25) is 13.3 Å². The minimum absolute atomic E-state index is 1.10. The molecule has 0 atom stereocenters. The quantitative estimate of drug-likeness (QED) is 0.143. The van der Waals surface area contributed by atoms with E-state index in [1.165, 1.54) is 68.5 Å². The molecule has 0 amide bonds. The van der Waals surface area contributed by atoms with Crippen LogP contribution in [-0.2, 0) is 0 Å². The van der Waals surface area contributed by atoms with Gasteiger partial charge in [-0.3, -0.25) is 0 Å². The third-order valence-electron chi connectivity index (χ3n) is 7.66. The summed E-state index contributed by atoms with van der Waals surface area (Å²) in [5.74, 6) is 0. The first-order valence-corrected chi connectivity index (χ1v) is 21.5. The number of nitrogens with zero attached hydrogens (tertiary/aromatic N) is 2. The summed E-state index contributed by atoms with van der Waals surface area (Å²) in [6.45, 7) is 7.09. The molecule has 4 rings (SSSR count). The van der Waals surface area contributed by atoms with Crippen molar-refractivity contribution in [3.8, 4) is 28.1 Å². The van der Waals surface area contributed by atoms with Crippen LogP contribution in [0.4, 0.5) is 0 Å². The van der Waals surface area contributed by atoms with Gasteiger partial charge in [-0.1, -0.05) is 0 Å². The maximum atomic E-state index is 4.72. The van der Waals surface area contributed by atoms with Crippen molar-refractivity contribution in [2.75, 3.05) is 0 Å². The van der Waals surface area contributed by atoms with Crippen LogP contribution >= 0.6 is 0 Å². The average molecular weight is 585 g/mol. The number of rotatable bonds is 13. The van der Waals surface area contributed by atoms with E-state index in [0.717, 1.165) is 11.4 Å². The molecule has 0 aliphatic heterocycles. The molecule has 1 aromatic heterocycles. The van der Waals surface area contributed by atoms with Crippen molar-refractivity contribution in [3.05, 3.63) is 91.1 Å². The predicted molar refractivity (Wildman–Crippen MR) is 159 cm³/mol. The molecule has 3 heteroatoms. The van der Waals surface area contributed by atoms with Crippen molar-refractivity contribution >= 4 is 22.0 Å². The SMILES string of the molecule is CCC[CH2][Sn]([CH2]CCC)([CH2]CCC)[c]1ccccc1-c1ccccc1-c1ccnn1-c1ccccc1. The van der Waals surface area contributed by atoms with Crippen molar-refractivity contribution in [3.63, 3.8) is 0 Å². The third-order valence-corrected chi connectivity index (χ3v) is 23.4. The summed E-state index contributed by atoms with van der Waals surface area (Å²) >= 11 is -2.64. The molecule has 0 aliphatic rings. The number of benzene rings is 3. The Kier molecular flexibility index (Phi) is 9.86. The van der Waals surface area contributed by atoms with E-state index in [9.17, 15) is 0 Å². The van der Waals surface area contributed by atoms with E-state index in [4.69, 9.17) is 5.10 Å². The second-order valence-corrected chi connectivity index (χ2v) is 23.3. The third kappa shape index (κ3) is 5.96. The molecule has 36 heavy (non-hydrogen) atoms. The van der Waals surface area contributed by atoms with Gasteiger partial charge in [-0.15, -0.1) is 0 Å². The topological polar surface area (TPSA) is 17.8 Å². The minimum atomic E-state index is -2.64. The second-order valence-electron chi connectivity index (χ2n) is 10.1. The Labute approximate surface area is 222 Å². The van der Waals surface area contributed by atoms with Crippen molar-refractivity contribution in [1.29, 1.82) is 0 Å². The molecule has 0 spiro atoms. The molecule has 0 unspecified atom stereocenters. The van der Waals surface area contributed by atoms with Crippen molar-refractivity contribution in [2.24, 2.45) is 0 Å². The van der Waals surface area contributed by atoms with E-state index in [1.54, 1.807) is 3.58 Å². The number of unbranched alkanes of at least 4 members (excludes halogenated alkanes) is 3. The number of para-hydroxylation sites is 1. The molecular formula is C33H42N2Sn. The Morgan fingerprint density at radius 2 is 1.11 bits per heavy atom. The number of hydrogen-bond acceptors (Lipinski definition) is 1. The summed E-state index contributed by atoms with van der Waals surface area (Å²) in [6.07, 6.45) is 9.95. The van der Waals surface area contributed by atoms with Crippen LogP contribution in [0.3, 0.4) is 0 Å². The van der Waals surface area contributed by atoms with E-state index in [-0.39, 0.29) is 0 Å². The van der Waals surface area contributed by atoms with Crippen LogP contribution < -0.4 is 3.58 Å². The molecule has 0 saturated carbocycles. The Morgan fingerprint density at radius 1 is 0.583 bits per heavy atom. The molecule has 0 saturated heterocycles. The number of aromatic nitrogens is 2. The van der Waals surface area contributed by atoms with Crippen LogP contribution in [0.5, 0.6) is 0 Å². The molecule has 0 aliphatic carbocycles. The first-order chi connectivity index (χ1) is 17.7. The maximum absolute atomic E-state index is 4.72. The van der Waals surface area contributed by atoms with Crippen LogP contribution in [0.25, 0.3) is 28.1 Å². The monoisotopic (exact) mass is 586 g/mol. The Hall–Kier alpha value is -2.33. The normalized spacial score (nSPS) is 11.6. The second kappa shape index (κ2) is 13.3. The van der Waals surface area contributed by atoms with Gasteiger partial charge in [0, 0.05) is 0 Å². The first kappa shape index (κ1) is 26.7. The van der Waals surface area contributed by atoms with Gasteiger partial charge in [-0.2, -0.15) is 0 Å². The zero-order chi connectivity index (χ0) is 25.2. The molecule has 2 nitrogen and oxygen atoms in total. The van der Waals surface area contributed by atoms with Crippen molar-refractivity contribution in [2.45, 2.75) is 72.6 Å². The summed E-state index contributed by atoms with van der Waals surface area (Å²) in [6, 6.07) is 31.2. The fourth-order valence-corrected chi connectivity index (χ4v) is 22.5. The molecule has 0 radical (unpaired) electrons. The summed E-state index contributed by atoms with van der Waals surface area (Å²) in [5.41, 5.74) is 6.36. The van der Waals surface area contributed by atoms with Gasteiger partial charge < -0.3 is 0 Å². The Balaban J connectivity index is 1.88. The first-order valence-electron chi connectivity index (χ1n) is 14.0. The molecule has 3 aromatic carbocycles. The molecule has 1 heterocycles. The zero-order valence-corrected chi connectivity index (χ0v) is 25.3. The van der Waals surface area contributed by atoms with E-state index in [2.05, 4.69) is 110 Å². The average Bonchev–Trinajstić information content (AvgIpc) is 3.43. The fourth-order valence-electron chi connectivity index (χ4n) is 5.73. The van der Waals surface area contributed by atoms with Crippen LogP contribution in [0, 0.1) is 0 Å². The summed E-state index contributed by atoms with van der Waals surface area (Å²) in [4.78, 5) is 0. The summed E-state index contributed by atoms with van der Waals surface area (Å²) in [7, 11) is 0. The molecular weight excluding hydrogens is 543 g/mol. The molecule has 4 aromatic rings. The van der Waals surface area contributed by atoms with Crippen LogP contribution in [-0.4, -0.2) is 28.2 Å². The van der Waals surface area contributed by atoms with Crippen LogP contribution in [0.15, 0.2) is 91.1 Å². The fraction of sp³-hybridized carbons (Fsp3) is 0.364. The van der Waals surface area contributed by atoms with Gasteiger partial charge in [-0.25, -0.2) is 0 Å². The number of hydrogen-bond donors (Lipinski definition) is 0. The molecule has 0 bridgehead atoms. The van der Waals surface area contributed by atoms with Gasteiger partial charge in [-0.05, 0) is 0 Å². The van der Waals surface area contributed by atoms with Gasteiger partial charge in [0.1, 0.15) is 0 Å². The van der Waals surface area contributed by atoms with E-state index in [0.29, 0.717) is 0 Å².